The molecule has 1 aliphatic heterocycles. The van der Waals surface area contributed by atoms with Gasteiger partial charge in [0.15, 0.2) is 0 Å². The lowest BCUT2D eigenvalue weighted by atomic mass is 9.92. The number of pyridine rings is 1. The van der Waals surface area contributed by atoms with Crippen molar-refractivity contribution < 1.29 is 9.53 Å². The van der Waals surface area contributed by atoms with Gasteiger partial charge in [-0.05, 0) is 49.2 Å². The first-order valence-electron chi connectivity index (χ1n) is 9.15. The van der Waals surface area contributed by atoms with Gasteiger partial charge in [0, 0.05) is 38.1 Å². The number of ether oxygens (including phenoxy) is 1. The standard InChI is InChI=1S/C21H25N3O2/c1-23(13-16-4-3-11-22-12-16)18-14-24(15-18)20(25)21(9-10-21)17-5-7-19(26-2)8-6-17/h3-8,11-12,18H,9-10,13-15H2,1-2H3. The molecule has 2 heterocycles. The van der Waals surface area contributed by atoms with Gasteiger partial charge in [-0.15, -0.1) is 0 Å². The topological polar surface area (TPSA) is 45.7 Å². The van der Waals surface area contributed by atoms with Crippen LogP contribution in [0.3, 0.4) is 0 Å². The Kier molecular flexibility index (Phi) is 4.41. The van der Waals surface area contributed by atoms with Crippen molar-refractivity contribution in [3.8, 4) is 5.75 Å². The summed E-state index contributed by atoms with van der Waals surface area (Å²) >= 11 is 0. The SMILES string of the molecule is COc1ccc(C2(C(=O)N3CC(N(C)Cc4cccnc4)C3)CC2)cc1. The second-order valence-corrected chi connectivity index (χ2v) is 7.45. The average Bonchev–Trinajstić information content (AvgIpc) is 3.43. The fraction of sp³-hybridized carbons (Fsp3) is 0.429. The van der Waals surface area contributed by atoms with Crippen LogP contribution >= 0.6 is 0 Å². The van der Waals surface area contributed by atoms with E-state index in [-0.39, 0.29) is 11.3 Å². The Hall–Kier alpha value is -2.40. The molecule has 2 aromatic rings. The third-order valence-corrected chi connectivity index (χ3v) is 5.73. The molecule has 4 rings (SSSR count). The smallest absolute Gasteiger partial charge is 0.233 e. The number of hydrogen-bond donors (Lipinski definition) is 0. The molecular weight excluding hydrogens is 326 g/mol. The summed E-state index contributed by atoms with van der Waals surface area (Å²) in [7, 11) is 3.78. The van der Waals surface area contributed by atoms with Crippen molar-refractivity contribution in [3.05, 3.63) is 59.9 Å². The van der Waals surface area contributed by atoms with Crippen LogP contribution in [0.25, 0.3) is 0 Å². The summed E-state index contributed by atoms with van der Waals surface area (Å²) in [6.45, 7) is 2.49. The van der Waals surface area contributed by atoms with E-state index in [1.54, 1.807) is 13.3 Å². The lowest BCUT2D eigenvalue weighted by molar-refractivity contribution is -0.141. The first-order chi connectivity index (χ1) is 12.6. The number of likely N-dealkylation sites (N-methyl/N-ethyl adjacent to an activating group) is 1. The second-order valence-electron chi connectivity index (χ2n) is 7.45. The van der Waals surface area contributed by atoms with Crippen LogP contribution in [0, 0.1) is 0 Å². The molecule has 1 saturated carbocycles. The van der Waals surface area contributed by atoms with Crippen LogP contribution in [0.15, 0.2) is 48.8 Å². The number of rotatable bonds is 6. The molecule has 0 unspecified atom stereocenters. The van der Waals surface area contributed by atoms with Crippen molar-refractivity contribution in [2.24, 2.45) is 0 Å². The Labute approximate surface area is 154 Å². The van der Waals surface area contributed by atoms with Crippen molar-refractivity contribution in [1.82, 2.24) is 14.8 Å². The molecule has 1 aliphatic carbocycles. The number of methoxy groups -OCH3 is 1. The van der Waals surface area contributed by atoms with Crippen LogP contribution in [-0.2, 0) is 16.8 Å². The molecular formula is C21H25N3O2. The summed E-state index contributed by atoms with van der Waals surface area (Å²) in [6, 6.07) is 12.4. The minimum absolute atomic E-state index is 0.286. The Morgan fingerprint density at radius 3 is 2.58 bits per heavy atom. The summed E-state index contributed by atoms with van der Waals surface area (Å²) in [6.07, 6.45) is 5.60. The van der Waals surface area contributed by atoms with Crippen LogP contribution in [0.1, 0.15) is 24.0 Å². The molecule has 5 heteroatoms. The predicted octanol–water partition coefficient (Wildman–Crippen LogP) is 2.46. The molecule has 1 aromatic heterocycles. The first-order valence-corrected chi connectivity index (χ1v) is 9.15. The largest absolute Gasteiger partial charge is 0.497 e. The van der Waals surface area contributed by atoms with Crippen LogP contribution < -0.4 is 4.74 Å². The minimum Gasteiger partial charge on any atom is -0.497 e. The van der Waals surface area contributed by atoms with Gasteiger partial charge >= 0.3 is 0 Å². The molecule has 5 nitrogen and oxygen atoms in total. The Bertz CT molecular complexity index is 766. The quantitative estimate of drug-likeness (QED) is 0.802. The van der Waals surface area contributed by atoms with Crippen molar-refractivity contribution in [2.75, 3.05) is 27.2 Å². The van der Waals surface area contributed by atoms with E-state index in [0.29, 0.717) is 6.04 Å². The Morgan fingerprint density at radius 2 is 2.00 bits per heavy atom. The van der Waals surface area contributed by atoms with Crippen LogP contribution in [0.2, 0.25) is 0 Å². The lowest BCUT2D eigenvalue weighted by Gasteiger charge is -2.45. The average molecular weight is 351 g/mol. The molecule has 136 valence electrons. The van der Waals surface area contributed by atoms with Gasteiger partial charge in [0.1, 0.15) is 5.75 Å². The zero-order chi connectivity index (χ0) is 18.1. The van der Waals surface area contributed by atoms with Gasteiger partial charge in [-0.1, -0.05) is 18.2 Å². The molecule has 0 bridgehead atoms. The third kappa shape index (κ3) is 3.07. The van der Waals surface area contributed by atoms with Crippen LogP contribution in [0.4, 0.5) is 0 Å². The maximum absolute atomic E-state index is 13.1. The fourth-order valence-electron chi connectivity index (χ4n) is 3.77. The Morgan fingerprint density at radius 1 is 1.27 bits per heavy atom. The molecule has 0 N–H and O–H groups in total. The van der Waals surface area contributed by atoms with E-state index in [4.69, 9.17) is 4.74 Å². The van der Waals surface area contributed by atoms with Gasteiger partial charge in [-0.3, -0.25) is 14.7 Å². The number of carbonyl (C=O) groups is 1. The van der Waals surface area contributed by atoms with E-state index in [9.17, 15) is 4.79 Å². The minimum atomic E-state index is -0.292. The van der Waals surface area contributed by atoms with Gasteiger partial charge in [-0.2, -0.15) is 0 Å². The fourth-order valence-corrected chi connectivity index (χ4v) is 3.77. The lowest BCUT2D eigenvalue weighted by Crippen LogP contribution is -2.61. The molecule has 1 saturated heterocycles. The summed E-state index contributed by atoms with van der Waals surface area (Å²) in [5.41, 5.74) is 2.03. The molecule has 2 aliphatic rings. The van der Waals surface area contributed by atoms with Crippen molar-refractivity contribution in [2.45, 2.75) is 30.8 Å². The number of benzene rings is 1. The zero-order valence-electron chi connectivity index (χ0n) is 15.4. The van der Waals surface area contributed by atoms with Gasteiger partial charge < -0.3 is 9.64 Å². The van der Waals surface area contributed by atoms with E-state index in [1.807, 2.05) is 41.4 Å². The molecule has 1 aromatic carbocycles. The van der Waals surface area contributed by atoms with E-state index >= 15 is 0 Å². The third-order valence-electron chi connectivity index (χ3n) is 5.73. The highest BCUT2D eigenvalue weighted by atomic mass is 16.5. The molecule has 26 heavy (non-hydrogen) atoms. The van der Waals surface area contributed by atoms with Gasteiger partial charge in [0.05, 0.1) is 12.5 Å². The Balaban J connectivity index is 1.35. The van der Waals surface area contributed by atoms with Gasteiger partial charge in [0.2, 0.25) is 5.91 Å². The van der Waals surface area contributed by atoms with E-state index < -0.39 is 0 Å². The highest BCUT2D eigenvalue weighted by Gasteiger charge is 2.54. The number of amides is 1. The van der Waals surface area contributed by atoms with E-state index in [2.05, 4.69) is 23.0 Å². The summed E-state index contributed by atoms with van der Waals surface area (Å²) in [5, 5.41) is 0. The van der Waals surface area contributed by atoms with Crippen molar-refractivity contribution in [1.29, 1.82) is 0 Å². The monoisotopic (exact) mass is 351 g/mol. The van der Waals surface area contributed by atoms with Gasteiger partial charge in [-0.25, -0.2) is 0 Å². The highest BCUT2D eigenvalue weighted by Crippen LogP contribution is 2.50. The second kappa shape index (κ2) is 6.72. The van der Waals surface area contributed by atoms with Crippen molar-refractivity contribution in [3.63, 3.8) is 0 Å². The number of aromatic nitrogens is 1. The molecule has 2 fully saturated rings. The van der Waals surface area contributed by atoms with Crippen LogP contribution in [0.5, 0.6) is 5.75 Å². The number of hydrogen-bond acceptors (Lipinski definition) is 4. The normalized spacial score (nSPS) is 18.5. The van der Waals surface area contributed by atoms with E-state index in [0.717, 1.165) is 43.8 Å². The number of carbonyl (C=O) groups excluding carboxylic acids is 1. The maximum Gasteiger partial charge on any atom is 0.233 e. The van der Waals surface area contributed by atoms with Gasteiger partial charge in [0.25, 0.3) is 0 Å². The maximum atomic E-state index is 13.1. The molecule has 0 spiro atoms. The summed E-state index contributed by atoms with van der Waals surface area (Å²) in [5.74, 6) is 1.12. The first kappa shape index (κ1) is 17.0. The number of likely N-dealkylation sites (tertiary alicyclic amines) is 1. The van der Waals surface area contributed by atoms with Crippen LogP contribution in [-0.4, -0.2) is 54.0 Å². The molecule has 1 amide bonds. The number of nitrogens with zero attached hydrogens (tertiary/aromatic N) is 3. The predicted molar refractivity (Wildman–Crippen MR) is 100.0 cm³/mol. The molecule has 0 radical (unpaired) electrons. The summed E-state index contributed by atoms with van der Waals surface area (Å²) in [4.78, 5) is 21.6. The molecule has 0 atom stereocenters. The zero-order valence-corrected chi connectivity index (χ0v) is 15.4. The van der Waals surface area contributed by atoms with Crippen molar-refractivity contribution >= 4 is 5.91 Å². The van der Waals surface area contributed by atoms with E-state index in [1.165, 1.54) is 5.56 Å². The summed E-state index contributed by atoms with van der Waals surface area (Å²) < 4.78 is 5.23. The highest BCUT2D eigenvalue weighted by molar-refractivity contribution is 5.92.